The third-order valence-electron chi connectivity index (χ3n) is 1.77. The van der Waals surface area contributed by atoms with Gasteiger partial charge >= 0.3 is 5.97 Å². The summed E-state index contributed by atoms with van der Waals surface area (Å²) in [7, 11) is 4.09. The first-order valence-corrected chi connectivity index (χ1v) is 3.72. The molecule has 1 aliphatic rings. The van der Waals surface area contributed by atoms with E-state index >= 15 is 0 Å². The van der Waals surface area contributed by atoms with E-state index in [4.69, 9.17) is 14.2 Å². The molecule has 1 heterocycles. The zero-order chi connectivity index (χ0) is 9.90. The summed E-state index contributed by atoms with van der Waals surface area (Å²) < 4.78 is 19.5. The molecular formula is C8H12O5. The van der Waals surface area contributed by atoms with Crippen molar-refractivity contribution < 1.29 is 23.7 Å². The summed E-state index contributed by atoms with van der Waals surface area (Å²) in [5, 5.41) is 0. The Morgan fingerprint density at radius 1 is 1.46 bits per heavy atom. The topological polar surface area (TPSA) is 54.0 Å². The molecule has 0 saturated carbocycles. The monoisotopic (exact) mass is 188 g/mol. The van der Waals surface area contributed by atoms with Crippen LogP contribution in [0, 0.1) is 0 Å². The first-order chi connectivity index (χ1) is 6.18. The van der Waals surface area contributed by atoms with Gasteiger partial charge in [-0.05, 0) is 12.2 Å². The molecule has 1 rings (SSSR count). The van der Waals surface area contributed by atoms with E-state index in [9.17, 15) is 4.79 Å². The van der Waals surface area contributed by atoms with Gasteiger partial charge < -0.3 is 18.9 Å². The highest BCUT2D eigenvalue weighted by Gasteiger charge is 2.44. The van der Waals surface area contributed by atoms with Crippen LogP contribution in [0.4, 0.5) is 0 Å². The molecule has 0 amide bonds. The molecule has 5 nitrogen and oxygen atoms in total. The van der Waals surface area contributed by atoms with Crippen molar-refractivity contribution in [1.82, 2.24) is 0 Å². The van der Waals surface area contributed by atoms with Crippen LogP contribution in [0.15, 0.2) is 12.2 Å². The Kier molecular flexibility index (Phi) is 3.02. The summed E-state index contributed by atoms with van der Waals surface area (Å²) in [5.74, 6) is -2.05. The standard InChI is InChI=1S/C8H12O5/c1-10-6-4-5-8(12-3,13-6)7(9)11-2/h4-6H,1-3H3/t6-,8+/m1/s1. The zero-order valence-corrected chi connectivity index (χ0v) is 7.77. The molecule has 0 bridgehead atoms. The van der Waals surface area contributed by atoms with Gasteiger partial charge in [0.05, 0.1) is 7.11 Å². The Balaban J connectivity index is 2.75. The Labute approximate surface area is 76.2 Å². The summed E-state index contributed by atoms with van der Waals surface area (Å²) in [6, 6.07) is 0. The highest BCUT2D eigenvalue weighted by molar-refractivity contribution is 5.80. The lowest BCUT2D eigenvalue weighted by molar-refractivity contribution is -0.248. The van der Waals surface area contributed by atoms with Crippen molar-refractivity contribution >= 4 is 5.97 Å². The average molecular weight is 188 g/mol. The normalized spacial score (nSPS) is 32.1. The first-order valence-electron chi connectivity index (χ1n) is 3.72. The van der Waals surface area contributed by atoms with Crippen molar-refractivity contribution in [2.24, 2.45) is 0 Å². The van der Waals surface area contributed by atoms with E-state index in [0.717, 1.165) is 0 Å². The van der Waals surface area contributed by atoms with Gasteiger partial charge in [0.25, 0.3) is 5.79 Å². The maximum Gasteiger partial charge on any atom is 0.371 e. The molecule has 0 unspecified atom stereocenters. The average Bonchev–Trinajstić information content (AvgIpc) is 2.61. The molecule has 0 saturated heterocycles. The van der Waals surface area contributed by atoms with Crippen LogP contribution in [0.25, 0.3) is 0 Å². The number of rotatable bonds is 3. The van der Waals surface area contributed by atoms with Crippen molar-refractivity contribution in [1.29, 1.82) is 0 Å². The fourth-order valence-electron chi connectivity index (χ4n) is 1.04. The van der Waals surface area contributed by atoms with Crippen molar-refractivity contribution in [3.05, 3.63) is 12.2 Å². The molecule has 0 radical (unpaired) electrons. The first kappa shape index (κ1) is 10.2. The van der Waals surface area contributed by atoms with Gasteiger partial charge in [0.15, 0.2) is 6.29 Å². The van der Waals surface area contributed by atoms with E-state index < -0.39 is 18.0 Å². The Hall–Kier alpha value is -0.910. The second-order valence-corrected chi connectivity index (χ2v) is 2.44. The summed E-state index contributed by atoms with van der Waals surface area (Å²) in [4.78, 5) is 11.2. The second kappa shape index (κ2) is 3.87. The predicted octanol–water partition coefficient (Wildman–Crippen LogP) is 0.0610. The van der Waals surface area contributed by atoms with Gasteiger partial charge in [0.2, 0.25) is 0 Å². The number of ether oxygens (including phenoxy) is 4. The van der Waals surface area contributed by atoms with Crippen molar-refractivity contribution in [2.45, 2.75) is 12.1 Å². The molecule has 0 aromatic heterocycles. The number of carbonyl (C=O) groups excluding carboxylic acids is 1. The summed E-state index contributed by atoms with van der Waals surface area (Å²) in [6.45, 7) is 0. The fraction of sp³-hybridized carbons (Fsp3) is 0.625. The highest BCUT2D eigenvalue weighted by Crippen LogP contribution is 2.25. The molecular weight excluding hydrogens is 176 g/mol. The molecule has 1 aliphatic heterocycles. The molecule has 0 N–H and O–H groups in total. The van der Waals surface area contributed by atoms with Crippen LogP contribution in [0.3, 0.4) is 0 Å². The number of esters is 1. The van der Waals surface area contributed by atoms with Gasteiger partial charge in [0.1, 0.15) is 0 Å². The van der Waals surface area contributed by atoms with Gasteiger partial charge in [0, 0.05) is 14.2 Å². The maximum atomic E-state index is 11.2. The molecule has 13 heavy (non-hydrogen) atoms. The molecule has 0 aliphatic carbocycles. The summed E-state index contributed by atoms with van der Waals surface area (Å²) in [5.41, 5.74) is 0. The van der Waals surface area contributed by atoms with Crippen LogP contribution in [0.1, 0.15) is 0 Å². The zero-order valence-electron chi connectivity index (χ0n) is 7.77. The lowest BCUT2D eigenvalue weighted by atomic mass is 10.3. The summed E-state index contributed by atoms with van der Waals surface area (Å²) >= 11 is 0. The quantitative estimate of drug-likeness (QED) is 0.463. The smallest absolute Gasteiger partial charge is 0.371 e. The van der Waals surface area contributed by atoms with E-state index in [1.165, 1.54) is 27.4 Å². The largest absolute Gasteiger partial charge is 0.465 e. The Bertz CT molecular complexity index is 225. The van der Waals surface area contributed by atoms with Gasteiger partial charge in [-0.3, -0.25) is 0 Å². The van der Waals surface area contributed by atoms with Crippen LogP contribution in [-0.2, 0) is 23.7 Å². The predicted molar refractivity (Wildman–Crippen MR) is 42.8 cm³/mol. The molecule has 0 aromatic carbocycles. The minimum Gasteiger partial charge on any atom is -0.465 e. The van der Waals surface area contributed by atoms with Gasteiger partial charge in [-0.1, -0.05) is 0 Å². The molecule has 5 heteroatoms. The van der Waals surface area contributed by atoms with E-state index in [0.29, 0.717) is 0 Å². The Morgan fingerprint density at radius 3 is 2.54 bits per heavy atom. The maximum absolute atomic E-state index is 11.2. The van der Waals surface area contributed by atoms with Crippen LogP contribution in [0.2, 0.25) is 0 Å². The van der Waals surface area contributed by atoms with Gasteiger partial charge in [-0.25, -0.2) is 4.79 Å². The lowest BCUT2D eigenvalue weighted by Crippen LogP contribution is -2.41. The third-order valence-corrected chi connectivity index (χ3v) is 1.77. The number of carbonyl (C=O) groups is 1. The van der Waals surface area contributed by atoms with Crippen molar-refractivity contribution in [3.63, 3.8) is 0 Å². The van der Waals surface area contributed by atoms with Crippen LogP contribution in [-0.4, -0.2) is 39.4 Å². The lowest BCUT2D eigenvalue weighted by Gasteiger charge is -2.23. The fourth-order valence-corrected chi connectivity index (χ4v) is 1.04. The highest BCUT2D eigenvalue weighted by atomic mass is 16.8. The van der Waals surface area contributed by atoms with Gasteiger partial charge in [-0.15, -0.1) is 0 Å². The minimum atomic E-state index is -1.45. The van der Waals surface area contributed by atoms with Crippen LogP contribution < -0.4 is 0 Å². The molecule has 0 fully saturated rings. The second-order valence-electron chi connectivity index (χ2n) is 2.44. The number of methoxy groups -OCH3 is 3. The van der Waals surface area contributed by atoms with E-state index in [-0.39, 0.29) is 0 Å². The minimum absolute atomic E-state index is 0.570. The van der Waals surface area contributed by atoms with E-state index in [1.54, 1.807) is 6.08 Å². The number of hydrogen-bond donors (Lipinski definition) is 0. The summed E-state index contributed by atoms with van der Waals surface area (Å²) in [6.07, 6.45) is 2.48. The Morgan fingerprint density at radius 2 is 2.15 bits per heavy atom. The SMILES string of the molecule is COC(=O)[C@]1(OC)C=C[C@H](OC)O1. The van der Waals surface area contributed by atoms with Crippen molar-refractivity contribution in [2.75, 3.05) is 21.3 Å². The van der Waals surface area contributed by atoms with E-state index in [2.05, 4.69) is 4.74 Å². The molecule has 2 atom stereocenters. The van der Waals surface area contributed by atoms with Crippen LogP contribution >= 0.6 is 0 Å². The van der Waals surface area contributed by atoms with E-state index in [1.807, 2.05) is 0 Å². The van der Waals surface area contributed by atoms with Crippen molar-refractivity contribution in [3.8, 4) is 0 Å². The molecule has 0 spiro atoms. The van der Waals surface area contributed by atoms with Crippen LogP contribution in [0.5, 0.6) is 0 Å². The third kappa shape index (κ3) is 1.72. The number of hydrogen-bond acceptors (Lipinski definition) is 5. The molecule has 74 valence electrons. The van der Waals surface area contributed by atoms with Gasteiger partial charge in [-0.2, -0.15) is 0 Å². The molecule has 0 aromatic rings.